The predicted octanol–water partition coefficient (Wildman–Crippen LogP) is 5.15. The maximum absolute atomic E-state index is 12.5. The van der Waals surface area contributed by atoms with Gasteiger partial charge in [-0.15, -0.1) is 0 Å². The summed E-state index contributed by atoms with van der Waals surface area (Å²) in [6.07, 6.45) is 2.19. The van der Waals surface area contributed by atoms with Crippen LogP contribution in [0, 0.1) is 0 Å². The summed E-state index contributed by atoms with van der Waals surface area (Å²) in [4.78, 5) is 26.7. The van der Waals surface area contributed by atoms with E-state index < -0.39 is 0 Å². The van der Waals surface area contributed by atoms with Gasteiger partial charge in [-0.25, -0.2) is 0 Å². The van der Waals surface area contributed by atoms with E-state index in [0.29, 0.717) is 35.0 Å². The van der Waals surface area contributed by atoms with E-state index in [1.807, 2.05) is 12.1 Å². The Balaban J connectivity index is 1.55. The minimum absolute atomic E-state index is 0.170. The van der Waals surface area contributed by atoms with Gasteiger partial charge >= 0.3 is 0 Å². The van der Waals surface area contributed by atoms with E-state index in [9.17, 15) is 9.59 Å². The molecule has 5 nitrogen and oxygen atoms in total. The predicted molar refractivity (Wildman–Crippen MR) is 108 cm³/mol. The molecule has 1 N–H and O–H groups in total. The average Bonchev–Trinajstić information content (AvgIpc) is 3.32. The van der Waals surface area contributed by atoms with E-state index >= 15 is 0 Å². The summed E-state index contributed by atoms with van der Waals surface area (Å²) >= 11 is 9.46. The lowest BCUT2D eigenvalue weighted by Crippen LogP contribution is -2.28. The van der Waals surface area contributed by atoms with Gasteiger partial charge in [-0.3, -0.25) is 9.59 Å². The van der Waals surface area contributed by atoms with Crippen LogP contribution in [-0.4, -0.2) is 18.4 Å². The molecule has 7 heteroatoms. The number of benzene rings is 2. The van der Waals surface area contributed by atoms with Crippen LogP contribution in [-0.2, 0) is 6.42 Å². The smallest absolute Gasteiger partial charge is 0.293 e. The zero-order valence-electron chi connectivity index (χ0n) is 14.0. The molecule has 2 amide bonds. The van der Waals surface area contributed by atoms with E-state index in [1.165, 1.54) is 6.26 Å². The fourth-order valence-corrected chi connectivity index (χ4v) is 3.66. The number of hydrogen-bond acceptors (Lipinski definition) is 3. The molecule has 0 spiro atoms. The third kappa shape index (κ3) is 3.50. The molecule has 1 aliphatic rings. The summed E-state index contributed by atoms with van der Waals surface area (Å²) in [5.74, 6) is -0.149. The number of halogens is 2. The number of carbonyl (C=O) groups excluding carboxylic acids is 2. The van der Waals surface area contributed by atoms with Crippen molar-refractivity contribution in [2.24, 2.45) is 0 Å². The number of hydrogen-bond donors (Lipinski definition) is 1. The number of amides is 2. The molecule has 1 aliphatic heterocycles. The Morgan fingerprint density at radius 1 is 1.15 bits per heavy atom. The molecule has 0 aliphatic carbocycles. The Labute approximate surface area is 169 Å². The molecule has 0 fully saturated rings. The fourth-order valence-electron chi connectivity index (χ4n) is 3.09. The van der Waals surface area contributed by atoms with Crippen LogP contribution in [0.4, 0.5) is 11.4 Å². The van der Waals surface area contributed by atoms with Crippen molar-refractivity contribution in [2.45, 2.75) is 6.42 Å². The summed E-state index contributed by atoms with van der Waals surface area (Å²) in [6.45, 7) is 0.573. The lowest BCUT2D eigenvalue weighted by atomic mass is 10.1. The first kappa shape index (κ1) is 17.8. The van der Waals surface area contributed by atoms with Crippen LogP contribution in [0.1, 0.15) is 26.5 Å². The van der Waals surface area contributed by atoms with Crippen LogP contribution in [0.2, 0.25) is 5.02 Å². The molecule has 0 saturated heterocycles. The van der Waals surface area contributed by atoms with E-state index in [1.54, 1.807) is 41.3 Å². The fraction of sp³-hybridized carbons (Fsp3) is 0.100. The van der Waals surface area contributed by atoms with Crippen LogP contribution in [0.5, 0.6) is 0 Å². The van der Waals surface area contributed by atoms with E-state index in [4.69, 9.17) is 16.0 Å². The molecule has 0 bridgehead atoms. The first-order valence-corrected chi connectivity index (χ1v) is 9.45. The van der Waals surface area contributed by atoms with Gasteiger partial charge in [0.25, 0.3) is 11.8 Å². The van der Waals surface area contributed by atoms with Gasteiger partial charge in [0.1, 0.15) is 0 Å². The summed E-state index contributed by atoms with van der Waals surface area (Å²) in [6, 6.07) is 14.0. The number of nitrogens with zero attached hydrogens (tertiary/aromatic N) is 1. The highest BCUT2D eigenvalue weighted by molar-refractivity contribution is 9.10. The van der Waals surface area contributed by atoms with Gasteiger partial charge in [-0.1, -0.05) is 27.5 Å². The lowest BCUT2D eigenvalue weighted by molar-refractivity contribution is 0.0962. The highest BCUT2D eigenvalue weighted by Crippen LogP contribution is 2.32. The summed E-state index contributed by atoms with van der Waals surface area (Å²) in [5.41, 5.74) is 2.87. The van der Waals surface area contributed by atoms with Gasteiger partial charge in [0, 0.05) is 22.4 Å². The monoisotopic (exact) mass is 444 g/mol. The number of furan rings is 1. The number of rotatable bonds is 3. The second-order valence-electron chi connectivity index (χ2n) is 6.11. The van der Waals surface area contributed by atoms with Crippen LogP contribution in [0.3, 0.4) is 0 Å². The van der Waals surface area contributed by atoms with Crippen LogP contribution >= 0.6 is 27.5 Å². The highest BCUT2D eigenvalue weighted by atomic mass is 79.9. The molecule has 4 rings (SSSR count). The Morgan fingerprint density at radius 2 is 2.00 bits per heavy atom. The van der Waals surface area contributed by atoms with E-state index in [-0.39, 0.29) is 11.8 Å². The molecule has 2 aromatic carbocycles. The quantitative estimate of drug-likeness (QED) is 0.606. The average molecular weight is 446 g/mol. The molecule has 136 valence electrons. The zero-order chi connectivity index (χ0) is 19.0. The van der Waals surface area contributed by atoms with Crippen molar-refractivity contribution in [3.63, 3.8) is 0 Å². The van der Waals surface area contributed by atoms with Gasteiger partial charge in [-0.2, -0.15) is 0 Å². The second-order valence-corrected chi connectivity index (χ2v) is 7.43. The number of nitrogens with one attached hydrogen (secondary N) is 1. The molecule has 0 saturated carbocycles. The van der Waals surface area contributed by atoms with Crippen molar-refractivity contribution >= 4 is 50.7 Å². The molecule has 0 atom stereocenters. The Hall–Kier alpha value is -2.57. The van der Waals surface area contributed by atoms with Crippen LogP contribution < -0.4 is 10.2 Å². The van der Waals surface area contributed by atoms with E-state index in [0.717, 1.165) is 15.7 Å². The minimum atomic E-state index is -0.289. The molecule has 27 heavy (non-hydrogen) atoms. The molecule has 1 aromatic heterocycles. The molecular formula is C20H14BrClN2O3. The van der Waals surface area contributed by atoms with Crippen molar-refractivity contribution in [1.29, 1.82) is 0 Å². The largest absolute Gasteiger partial charge is 0.459 e. The Morgan fingerprint density at radius 3 is 2.78 bits per heavy atom. The van der Waals surface area contributed by atoms with Crippen LogP contribution in [0.25, 0.3) is 0 Å². The van der Waals surface area contributed by atoms with Crippen LogP contribution in [0.15, 0.2) is 63.7 Å². The summed E-state index contributed by atoms with van der Waals surface area (Å²) in [7, 11) is 0. The molecule has 0 unspecified atom stereocenters. The SMILES string of the molecule is O=C(Nc1ccc2c(c1)CCN2C(=O)c1ccco1)c1cc(Br)ccc1Cl. The Kier molecular flexibility index (Phi) is 4.76. The summed E-state index contributed by atoms with van der Waals surface area (Å²) in [5, 5.41) is 3.24. The Bertz CT molecular complexity index is 1030. The topological polar surface area (TPSA) is 62.6 Å². The number of fused-ring (bicyclic) bond motifs is 1. The molecule has 2 heterocycles. The summed E-state index contributed by atoms with van der Waals surface area (Å²) < 4.78 is 5.98. The zero-order valence-corrected chi connectivity index (χ0v) is 16.4. The van der Waals surface area contributed by atoms with Crippen molar-refractivity contribution < 1.29 is 14.0 Å². The minimum Gasteiger partial charge on any atom is -0.459 e. The van der Waals surface area contributed by atoms with Crippen molar-refractivity contribution in [2.75, 3.05) is 16.8 Å². The van der Waals surface area contributed by atoms with Gasteiger partial charge in [-0.05, 0) is 60.5 Å². The van der Waals surface area contributed by atoms with Gasteiger partial charge < -0.3 is 14.6 Å². The van der Waals surface area contributed by atoms with E-state index in [2.05, 4.69) is 21.2 Å². The van der Waals surface area contributed by atoms with Gasteiger partial charge in [0.2, 0.25) is 0 Å². The first-order chi connectivity index (χ1) is 13.0. The highest BCUT2D eigenvalue weighted by Gasteiger charge is 2.27. The number of anilines is 2. The molecular weight excluding hydrogens is 432 g/mol. The van der Waals surface area contributed by atoms with Gasteiger partial charge in [0.15, 0.2) is 5.76 Å². The van der Waals surface area contributed by atoms with Crippen molar-refractivity contribution in [3.05, 3.63) is 81.2 Å². The maximum atomic E-state index is 12.5. The van der Waals surface area contributed by atoms with Gasteiger partial charge in [0.05, 0.1) is 16.8 Å². The maximum Gasteiger partial charge on any atom is 0.293 e. The lowest BCUT2D eigenvalue weighted by Gasteiger charge is -2.16. The molecule has 3 aromatic rings. The number of carbonyl (C=O) groups is 2. The second kappa shape index (κ2) is 7.21. The third-order valence-electron chi connectivity index (χ3n) is 4.38. The van der Waals surface area contributed by atoms with Crippen molar-refractivity contribution in [1.82, 2.24) is 0 Å². The van der Waals surface area contributed by atoms with Crippen molar-refractivity contribution in [3.8, 4) is 0 Å². The normalized spacial score (nSPS) is 12.7. The third-order valence-corrected chi connectivity index (χ3v) is 5.21. The molecule has 0 radical (unpaired) electrons. The standard InChI is InChI=1S/C20H14BrClN2O3/c21-13-3-5-16(22)15(11-13)19(25)23-14-4-6-17-12(10-14)7-8-24(17)20(26)18-2-1-9-27-18/h1-6,9-11H,7-8H2,(H,23,25). The first-order valence-electron chi connectivity index (χ1n) is 8.27.